The molecule has 0 unspecified atom stereocenters. The third-order valence-corrected chi connectivity index (χ3v) is 5.21. The Kier molecular flexibility index (Phi) is 5.41. The molecule has 0 aliphatic carbocycles. The number of benzene rings is 1. The maximum absolute atomic E-state index is 12.7. The second kappa shape index (κ2) is 7.49. The van der Waals surface area contributed by atoms with Gasteiger partial charge >= 0.3 is 5.63 Å². The minimum Gasteiger partial charge on any atom is -0.496 e. The summed E-state index contributed by atoms with van der Waals surface area (Å²) >= 11 is 0. The van der Waals surface area contributed by atoms with Gasteiger partial charge in [0.2, 0.25) is 5.91 Å². The summed E-state index contributed by atoms with van der Waals surface area (Å²) in [6, 6.07) is 1.94. The van der Waals surface area contributed by atoms with Crippen LogP contribution >= 0.6 is 0 Å². The van der Waals surface area contributed by atoms with Crippen LogP contribution in [0.5, 0.6) is 11.5 Å². The highest BCUT2D eigenvalue weighted by molar-refractivity contribution is 5.92. The first-order valence-electron chi connectivity index (χ1n) is 9.77. The fourth-order valence-corrected chi connectivity index (χ4v) is 3.76. The van der Waals surface area contributed by atoms with Crippen molar-refractivity contribution in [2.24, 2.45) is 0 Å². The van der Waals surface area contributed by atoms with E-state index in [0.717, 1.165) is 29.4 Å². The molecular weight excluding hydrogens is 358 g/mol. The molecule has 0 saturated heterocycles. The Morgan fingerprint density at radius 2 is 2.07 bits per heavy atom. The van der Waals surface area contributed by atoms with E-state index >= 15 is 0 Å². The Morgan fingerprint density at radius 1 is 1.36 bits per heavy atom. The van der Waals surface area contributed by atoms with Crippen LogP contribution in [0.2, 0.25) is 0 Å². The zero-order chi connectivity index (χ0) is 20.6. The molecule has 1 aromatic heterocycles. The Bertz CT molecular complexity index is 971. The SMILES string of the molecule is COc1cc2c(c3oc(=O)c(CCC(=O)NC(C)C)c(C)c13)CCC(C)(C)O2. The van der Waals surface area contributed by atoms with E-state index in [1.165, 1.54) is 0 Å². The van der Waals surface area contributed by atoms with Crippen molar-refractivity contribution in [2.75, 3.05) is 7.11 Å². The molecule has 0 radical (unpaired) electrons. The van der Waals surface area contributed by atoms with E-state index in [0.29, 0.717) is 29.1 Å². The fraction of sp³-hybridized carbons (Fsp3) is 0.545. The molecule has 0 atom stereocenters. The molecule has 1 aliphatic heterocycles. The van der Waals surface area contributed by atoms with Gasteiger partial charge in [0.1, 0.15) is 22.7 Å². The number of methoxy groups -OCH3 is 1. The number of carbonyl (C=O) groups is 1. The Labute approximate surface area is 165 Å². The van der Waals surface area contributed by atoms with E-state index in [9.17, 15) is 9.59 Å². The summed E-state index contributed by atoms with van der Waals surface area (Å²) in [5, 5.41) is 3.63. The van der Waals surface area contributed by atoms with Crippen LogP contribution in [0.4, 0.5) is 0 Å². The normalized spacial score (nSPS) is 15.2. The molecule has 0 fully saturated rings. The number of hydrogen-bond donors (Lipinski definition) is 1. The van der Waals surface area contributed by atoms with Crippen molar-refractivity contribution >= 4 is 16.9 Å². The lowest BCUT2D eigenvalue weighted by Crippen LogP contribution is -2.32. The van der Waals surface area contributed by atoms with Crippen molar-refractivity contribution in [3.63, 3.8) is 0 Å². The molecule has 6 nitrogen and oxygen atoms in total. The van der Waals surface area contributed by atoms with Crippen molar-refractivity contribution in [3.05, 3.63) is 33.2 Å². The smallest absolute Gasteiger partial charge is 0.339 e. The van der Waals surface area contributed by atoms with Crippen molar-refractivity contribution in [3.8, 4) is 11.5 Å². The van der Waals surface area contributed by atoms with E-state index in [1.54, 1.807) is 7.11 Å². The first kappa shape index (κ1) is 20.2. The molecule has 6 heteroatoms. The van der Waals surface area contributed by atoms with Crippen LogP contribution in [-0.4, -0.2) is 24.7 Å². The lowest BCUT2D eigenvalue weighted by molar-refractivity contribution is -0.121. The number of amides is 1. The average Bonchev–Trinajstić information content (AvgIpc) is 2.58. The number of ether oxygens (including phenoxy) is 2. The molecule has 3 rings (SSSR count). The van der Waals surface area contributed by atoms with Gasteiger partial charge in [-0.2, -0.15) is 0 Å². The molecule has 28 heavy (non-hydrogen) atoms. The molecule has 0 bridgehead atoms. The van der Waals surface area contributed by atoms with Gasteiger partial charge in [-0.25, -0.2) is 4.79 Å². The van der Waals surface area contributed by atoms with Crippen LogP contribution in [0, 0.1) is 6.92 Å². The highest BCUT2D eigenvalue weighted by Gasteiger charge is 2.31. The summed E-state index contributed by atoms with van der Waals surface area (Å²) in [6.45, 7) is 9.78. The number of rotatable bonds is 5. The van der Waals surface area contributed by atoms with E-state index in [4.69, 9.17) is 13.9 Å². The molecular formula is C22H29NO5. The van der Waals surface area contributed by atoms with Crippen molar-refractivity contribution in [2.45, 2.75) is 71.9 Å². The maximum atomic E-state index is 12.7. The van der Waals surface area contributed by atoms with E-state index in [2.05, 4.69) is 5.32 Å². The van der Waals surface area contributed by atoms with Crippen LogP contribution in [0.15, 0.2) is 15.3 Å². The summed E-state index contributed by atoms with van der Waals surface area (Å²) < 4.78 is 17.4. The largest absolute Gasteiger partial charge is 0.496 e. The number of carbonyl (C=O) groups excluding carboxylic acids is 1. The van der Waals surface area contributed by atoms with Gasteiger partial charge in [0, 0.05) is 29.7 Å². The van der Waals surface area contributed by atoms with Gasteiger partial charge in [-0.3, -0.25) is 4.79 Å². The topological polar surface area (TPSA) is 77.8 Å². The average molecular weight is 387 g/mol. The van der Waals surface area contributed by atoms with Crippen LogP contribution in [0.3, 0.4) is 0 Å². The van der Waals surface area contributed by atoms with Gasteiger partial charge in [0.05, 0.1) is 12.5 Å². The van der Waals surface area contributed by atoms with Crippen LogP contribution in [-0.2, 0) is 17.6 Å². The van der Waals surface area contributed by atoms with Gasteiger partial charge in [0.15, 0.2) is 0 Å². The molecule has 0 saturated carbocycles. The minimum absolute atomic E-state index is 0.0671. The first-order chi connectivity index (χ1) is 13.1. The molecule has 0 spiro atoms. The van der Waals surface area contributed by atoms with E-state index < -0.39 is 5.63 Å². The third kappa shape index (κ3) is 3.86. The summed E-state index contributed by atoms with van der Waals surface area (Å²) in [5.41, 5.74) is 2.07. The minimum atomic E-state index is -0.400. The second-order valence-electron chi connectivity index (χ2n) is 8.34. The number of hydrogen-bond acceptors (Lipinski definition) is 5. The van der Waals surface area contributed by atoms with Crippen molar-refractivity contribution < 1.29 is 18.7 Å². The monoisotopic (exact) mass is 387 g/mol. The van der Waals surface area contributed by atoms with Gasteiger partial charge in [0.25, 0.3) is 0 Å². The first-order valence-corrected chi connectivity index (χ1v) is 9.77. The van der Waals surface area contributed by atoms with Gasteiger partial charge in [-0.1, -0.05) is 0 Å². The molecule has 2 heterocycles. The number of aryl methyl sites for hydroxylation is 2. The van der Waals surface area contributed by atoms with Crippen LogP contribution in [0.1, 0.15) is 57.2 Å². The van der Waals surface area contributed by atoms with Gasteiger partial charge in [-0.15, -0.1) is 0 Å². The van der Waals surface area contributed by atoms with Crippen LogP contribution < -0.4 is 20.4 Å². The fourth-order valence-electron chi connectivity index (χ4n) is 3.76. The van der Waals surface area contributed by atoms with E-state index in [-0.39, 0.29) is 24.0 Å². The molecule has 152 valence electrons. The number of nitrogens with one attached hydrogen (secondary N) is 1. The molecule has 2 aromatic rings. The van der Waals surface area contributed by atoms with Gasteiger partial charge < -0.3 is 19.2 Å². The lowest BCUT2D eigenvalue weighted by atomic mass is 9.91. The predicted molar refractivity (Wildman–Crippen MR) is 108 cm³/mol. The Balaban J connectivity index is 2.08. The zero-order valence-electron chi connectivity index (χ0n) is 17.5. The zero-order valence-corrected chi connectivity index (χ0v) is 17.5. The second-order valence-corrected chi connectivity index (χ2v) is 8.34. The Morgan fingerprint density at radius 3 is 2.71 bits per heavy atom. The summed E-state index contributed by atoms with van der Waals surface area (Å²) in [5.74, 6) is 1.23. The molecule has 1 aromatic carbocycles. The Hall–Kier alpha value is -2.50. The van der Waals surface area contributed by atoms with E-state index in [1.807, 2.05) is 40.7 Å². The van der Waals surface area contributed by atoms with Crippen molar-refractivity contribution in [1.29, 1.82) is 0 Å². The molecule has 1 aliphatic rings. The maximum Gasteiger partial charge on any atom is 0.339 e. The summed E-state index contributed by atoms with van der Waals surface area (Å²) in [6.07, 6.45) is 2.16. The third-order valence-electron chi connectivity index (χ3n) is 5.21. The summed E-state index contributed by atoms with van der Waals surface area (Å²) in [4.78, 5) is 24.7. The lowest BCUT2D eigenvalue weighted by Gasteiger charge is -2.33. The highest BCUT2D eigenvalue weighted by Crippen LogP contribution is 2.43. The summed E-state index contributed by atoms with van der Waals surface area (Å²) in [7, 11) is 1.59. The van der Waals surface area contributed by atoms with Crippen LogP contribution in [0.25, 0.3) is 11.0 Å². The predicted octanol–water partition coefficient (Wildman–Crippen LogP) is 3.67. The quantitative estimate of drug-likeness (QED) is 0.792. The van der Waals surface area contributed by atoms with Gasteiger partial charge in [-0.05, 0) is 59.4 Å². The number of fused-ring (bicyclic) bond motifs is 3. The van der Waals surface area contributed by atoms with Crippen molar-refractivity contribution in [1.82, 2.24) is 5.32 Å². The molecule has 1 amide bonds. The highest BCUT2D eigenvalue weighted by atomic mass is 16.5. The molecule has 1 N–H and O–H groups in total. The standard InChI is InChI=1S/C22H29NO5/c1-12(2)23-18(24)8-7-14-13(3)19-17(26-6)11-16-15(20(19)27-21(14)25)9-10-22(4,5)28-16/h11-12H,7-10H2,1-6H3,(H,23,24).